The smallest absolute Gasteiger partial charge is 0.198 e. The van der Waals surface area contributed by atoms with Crippen LogP contribution in [0.5, 0.6) is 0 Å². The first-order valence-electron chi connectivity index (χ1n) is 6.59. The molecule has 2 aliphatic rings. The molecule has 2 saturated heterocycles. The van der Waals surface area contributed by atoms with Crippen molar-refractivity contribution in [3.8, 4) is 0 Å². The quantitative estimate of drug-likeness (QED) is 0.618. The lowest BCUT2D eigenvalue weighted by molar-refractivity contribution is -0.140. The van der Waals surface area contributed by atoms with Crippen molar-refractivity contribution in [1.82, 2.24) is 0 Å². The number of rotatable bonds is 5. The van der Waals surface area contributed by atoms with E-state index in [-0.39, 0.29) is 18.3 Å². The van der Waals surface area contributed by atoms with E-state index in [1.165, 1.54) is 0 Å². The van der Waals surface area contributed by atoms with E-state index >= 15 is 0 Å². The van der Waals surface area contributed by atoms with Crippen LogP contribution in [0.3, 0.4) is 0 Å². The second kappa shape index (κ2) is 5.74. The van der Waals surface area contributed by atoms with Gasteiger partial charge in [-0.15, -0.1) is 0 Å². The third-order valence-electron chi connectivity index (χ3n) is 3.41. The van der Waals surface area contributed by atoms with Crippen LogP contribution in [0, 0.1) is 0 Å². The lowest BCUT2D eigenvalue weighted by Crippen LogP contribution is -2.38. The fourth-order valence-electron chi connectivity index (χ4n) is 2.49. The Kier molecular flexibility index (Phi) is 4.49. The first-order chi connectivity index (χ1) is 8.55. The third-order valence-corrected chi connectivity index (χ3v) is 3.60. The topological polar surface area (TPSA) is 42.0 Å². The molecule has 4 heteroatoms. The maximum absolute atomic E-state index is 9.91. The molecule has 2 aliphatic heterocycles. The number of aliphatic hydroxyl groups excluding tert-OH is 1. The molecular weight excluding hydrogens is 252 g/mol. The van der Waals surface area contributed by atoms with Gasteiger partial charge in [0.1, 0.15) is 6.10 Å². The van der Waals surface area contributed by atoms with E-state index in [1.807, 2.05) is 6.08 Å². The van der Waals surface area contributed by atoms with Crippen molar-refractivity contribution in [1.29, 1.82) is 0 Å². The van der Waals surface area contributed by atoms with Crippen molar-refractivity contribution in [2.75, 3.05) is 0 Å². The Bertz CT molecular complexity index is 342. The second-order valence-corrected chi connectivity index (χ2v) is 5.60. The van der Waals surface area contributed by atoms with Gasteiger partial charge in [-0.2, -0.15) is 0 Å². The summed E-state index contributed by atoms with van der Waals surface area (Å²) < 4.78 is 11.6. The SMILES string of the molecule is C=C(Cl)CCC1OC12CC(O)CC(/C=C/CC)O2. The van der Waals surface area contributed by atoms with Gasteiger partial charge in [-0.1, -0.05) is 37.3 Å². The zero-order valence-electron chi connectivity index (χ0n) is 10.8. The lowest BCUT2D eigenvalue weighted by atomic mass is 9.97. The van der Waals surface area contributed by atoms with Crippen molar-refractivity contribution < 1.29 is 14.6 Å². The Labute approximate surface area is 113 Å². The molecule has 0 aromatic carbocycles. The second-order valence-electron chi connectivity index (χ2n) is 5.06. The number of allylic oxidation sites excluding steroid dienone is 2. The maximum atomic E-state index is 9.91. The highest BCUT2D eigenvalue weighted by Crippen LogP contribution is 2.49. The summed E-state index contributed by atoms with van der Waals surface area (Å²) in [6, 6.07) is 0. The van der Waals surface area contributed by atoms with Crippen molar-refractivity contribution in [3.63, 3.8) is 0 Å². The van der Waals surface area contributed by atoms with Crippen LogP contribution in [0.2, 0.25) is 0 Å². The van der Waals surface area contributed by atoms with Gasteiger partial charge in [0.05, 0.1) is 12.2 Å². The lowest BCUT2D eigenvalue weighted by Gasteiger charge is -2.30. The highest BCUT2D eigenvalue weighted by atomic mass is 35.5. The molecular formula is C14H21ClO3. The molecule has 0 amide bonds. The van der Waals surface area contributed by atoms with Crippen molar-refractivity contribution >= 4 is 11.6 Å². The van der Waals surface area contributed by atoms with Crippen molar-refractivity contribution in [3.05, 3.63) is 23.8 Å². The van der Waals surface area contributed by atoms with Gasteiger partial charge in [0, 0.05) is 17.9 Å². The number of ether oxygens (including phenoxy) is 2. The summed E-state index contributed by atoms with van der Waals surface area (Å²) in [6.45, 7) is 5.74. The van der Waals surface area contributed by atoms with Crippen LogP contribution in [-0.4, -0.2) is 29.2 Å². The summed E-state index contributed by atoms with van der Waals surface area (Å²) in [7, 11) is 0. The van der Waals surface area contributed by atoms with E-state index < -0.39 is 5.79 Å². The Morgan fingerprint density at radius 1 is 1.56 bits per heavy atom. The van der Waals surface area contributed by atoms with Crippen molar-refractivity contribution in [2.24, 2.45) is 0 Å². The van der Waals surface area contributed by atoms with Gasteiger partial charge in [-0.25, -0.2) is 0 Å². The van der Waals surface area contributed by atoms with Gasteiger partial charge in [-0.3, -0.25) is 0 Å². The average Bonchev–Trinajstić information content (AvgIpc) is 2.95. The molecule has 1 N–H and O–H groups in total. The molecule has 102 valence electrons. The summed E-state index contributed by atoms with van der Waals surface area (Å²) >= 11 is 5.75. The standard InChI is InChI=1S/C14H21ClO3/c1-3-4-5-12-8-11(16)9-14(17-12)13(18-14)7-6-10(2)15/h4-5,11-13,16H,2-3,6-9H2,1H3/b5-4+. The molecule has 2 rings (SSSR count). The molecule has 0 aliphatic carbocycles. The van der Waals surface area contributed by atoms with Crippen LogP contribution in [0.15, 0.2) is 23.8 Å². The van der Waals surface area contributed by atoms with Crippen LogP contribution < -0.4 is 0 Å². The normalized spacial score (nSPS) is 39.4. The van der Waals surface area contributed by atoms with Gasteiger partial charge in [0.2, 0.25) is 0 Å². The summed E-state index contributed by atoms with van der Waals surface area (Å²) in [5, 5.41) is 10.6. The first kappa shape index (κ1) is 14.1. The minimum Gasteiger partial charge on any atom is -0.393 e. The molecule has 3 nitrogen and oxygen atoms in total. The van der Waals surface area contributed by atoms with E-state index in [9.17, 15) is 5.11 Å². The van der Waals surface area contributed by atoms with E-state index in [0.717, 1.165) is 19.3 Å². The van der Waals surface area contributed by atoms with Gasteiger partial charge in [0.15, 0.2) is 5.79 Å². The summed E-state index contributed by atoms with van der Waals surface area (Å²) in [6.07, 6.45) is 7.44. The van der Waals surface area contributed by atoms with Crippen LogP contribution in [0.25, 0.3) is 0 Å². The van der Waals surface area contributed by atoms with E-state index in [2.05, 4.69) is 19.6 Å². The minimum atomic E-state index is -0.577. The molecule has 0 saturated carbocycles. The average molecular weight is 273 g/mol. The zero-order chi connectivity index (χ0) is 13.2. The summed E-state index contributed by atoms with van der Waals surface area (Å²) in [5.41, 5.74) is 0. The molecule has 2 fully saturated rings. The van der Waals surface area contributed by atoms with E-state index in [0.29, 0.717) is 17.9 Å². The molecule has 2 heterocycles. The molecule has 4 unspecified atom stereocenters. The largest absolute Gasteiger partial charge is 0.393 e. The van der Waals surface area contributed by atoms with Crippen LogP contribution in [0.1, 0.15) is 39.0 Å². The number of epoxide rings is 1. The highest BCUT2D eigenvalue weighted by Gasteiger charge is 2.61. The fraction of sp³-hybridized carbons (Fsp3) is 0.714. The first-order valence-corrected chi connectivity index (χ1v) is 6.97. The van der Waals surface area contributed by atoms with Gasteiger partial charge >= 0.3 is 0 Å². The number of hydrogen-bond acceptors (Lipinski definition) is 3. The molecule has 18 heavy (non-hydrogen) atoms. The summed E-state index contributed by atoms with van der Waals surface area (Å²) in [5.74, 6) is -0.577. The van der Waals surface area contributed by atoms with Gasteiger partial charge < -0.3 is 14.6 Å². The zero-order valence-corrected chi connectivity index (χ0v) is 11.5. The molecule has 0 aromatic rings. The van der Waals surface area contributed by atoms with Gasteiger partial charge in [-0.05, 0) is 19.3 Å². The Balaban J connectivity index is 1.89. The highest BCUT2D eigenvalue weighted by molar-refractivity contribution is 6.29. The van der Waals surface area contributed by atoms with Crippen LogP contribution >= 0.6 is 11.6 Å². The summed E-state index contributed by atoms with van der Waals surface area (Å²) in [4.78, 5) is 0. The predicted molar refractivity (Wildman–Crippen MR) is 71.4 cm³/mol. The van der Waals surface area contributed by atoms with Crippen molar-refractivity contribution in [2.45, 2.75) is 63.1 Å². The molecule has 4 atom stereocenters. The maximum Gasteiger partial charge on any atom is 0.198 e. The third kappa shape index (κ3) is 3.35. The van der Waals surface area contributed by atoms with E-state index in [4.69, 9.17) is 21.1 Å². The molecule has 1 spiro atoms. The van der Waals surface area contributed by atoms with Crippen LogP contribution in [-0.2, 0) is 9.47 Å². The number of hydrogen-bond donors (Lipinski definition) is 1. The fourth-order valence-corrected chi connectivity index (χ4v) is 2.60. The Hall–Kier alpha value is -0.350. The minimum absolute atomic E-state index is 0.0421. The van der Waals surface area contributed by atoms with Gasteiger partial charge in [0.25, 0.3) is 0 Å². The monoisotopic (exact) mass is 272 g/mol. The Morgan fingerprint density at radius 2 is 2.33 bits per heavy atom. The predicted octanol–water partition coefficient (Wildman–Crippen LogP) is 3.12. The van der Waals surface area contributed by atoms with E-state index in [1.54, 1.807) is 0 Å². The molecule has 0 radical (unpaired) electrons. The molecule has 0 aromatic heterocycles. The number of halogens is 1. The van der Waals surface area contributed by atoms with Crippen LogP contribution in [0.4, 0.5) is 0 Å². The Morgan fingerprint density at radius 3 is 3.00 bits per heavy atom. The number of aliphatic hydroxyl groups is 1. The molecule has 0 bridgehead atoms.